The fourth-order valence-electron chi connectivity index (χ4n) is 2.02. The summed E-state index contributed by atoms with van der Waals surface area (Å²) in [6, 6.07) is -0.0866. The van der Waals surface area contributed by atoms with Crippen LogP contribution in [0.1, 0.15) is 6.92 Å². The van der Waals surface area contributed by atoms with Crippen LogP contribution >= 0.6 is 0 Å². The van der Waals surface area contributed by atoms with Gasteiger partial charge in [-0.05, 0) is 6.92 Å². The summed E-state index contributed by atoms with van der Waals surface area (Å²) in [6.07, 6.45) is 3.09. The Balaban J connectivity index is 1.99. The fourth-order valence-corrected chi connectivity index (χ4v) is 2.02. The third kappa shape index (κ3) is 1.48. The largest absolute Gasteiger partial charge is 0.466 e. The highest BCUT2D eigenvalue weighted by molar-refractivity contribution is 5.82. The van der Waals surface area contributed by atoms with Gasteiger partial charge in [0.2, 0.25) is 0 Å². The van der Waals surface area contributed by atoms with Gasteiger partial charge in [-0.15, -0.1) is 0 Å². The molecule has 1 aliphatic heterocycles. The molecule has 2 aliphatic rings. The van der Waals surface area contributed by atoms with Crippen LogP contribution in [0.5, 0.6) is 0 Å². The third-order valence-electron chi connectivity index (χ3n) is 2.77. The van der Waals surface area contributed by atoms with E-state index in [0.29, 0.717) is 6.61 Å². The summed E-state index contributed by atoms with van der Waals surface area (Å²) in [5.74, 6) is -0.317. The zero-order chi connectivity index (χ0) is 11.0. The second-order valence-electron chi connectivity index (χ2n) is 3.56. The number of fused-ring (bicyclic) bond motifs is 1. The number of nitrogens with zero attached hydrogens (tertiary/aromatic N) is 1. The lowest BCUT2D eigenvalue weighted by molar-refractivity contribution is -0.145. The van der Waals surface area contributed by atoms with E-state index in [9.17, 15) is 9.59 Å². The van der Waals surface area contributed by atoms with Crippen molar-refractivity contribution in [1.82, 2.24) is 4.90 Å². The molecule has 5 nitrogen and oxygen atoms in total. The maximum atomic E-state index is 11.4. The molecule has 0 N–H and O–H groups in total. The number of methoxy groups -OCH3 is 1. The van der Waals surface area contributed by atoms with Gasteiger partial charge in [0.15, 0.2) is 0 Å². The highest BCUT2D eigenvalue weighted by Crippen LogP contribution is 2.49. The smallest absolute Gasteiger partial charge is 0.413 e. The van der Waals surface area contributed by atoms with E-state index in [1.165, 1.54) is 12.0 Å². The molecule has 0 aromatic rings. The number of carbonyl (C=O) groups excluding carboxylic acids is 2. The Labute approximate surface area is 87.6 Å². The van der Waals surface area contributed by atoms with Crippen molar-refractivity contribution in [2.24, 2.45) is 11.8 Å². The standard InChI is InChI=1S/C10H13NO4/c1-3-15-9(12)7-6-4-5-11(8(6)7)10(13)14-2/h4-8H,3H2,1-2H3/t6-,7-,8-/m0/s1. The first-order valence-corrected chi connectivity index (χ1v) is 4.92. The molecule has 15 heavy (non-hydrogen) atoms. The van der Waals surface area contributed by atoms with E-state index in [-0.39, 0.29) is 23.8 Å². The van der Waals surface area contributed by atoms with Crippen LogP contribution < -0.4 is 0 Å². The lowest BCUT2D eigenvalue weighted by Crippen LogP contribution is -2.29. The predicted octanol–water partition coefficient (Wildman–Crippen LogP) is 0.760. The lowest BCUT2D eigenvalue weighted by atomic mass is 10.3. The summed E-state index contributed by atoms with van der Waals surface area (Å²) >= 11 is 0. The van der Waals surface area contributed by atoms with E-state index in [1.54, 1.807) is 13.1 Å². The molecule has 0 radical (unpaired) electrons. The van der Waals surface area contributed by atoms with Gasteiger partial charge in [0.25, 0.3) is 0 Å². The summed E-state index contributed by atoms with van der Waals surface area (Å²) in [5, 5.41) is 0. The van der Waals surface area contributed by atoms with Crippen molar-refractivity contribution in [3.05, 3.63) is 12.3 Å². The normalized spacial score (nSPS) is 31.1. The highest BCUT2D eigenvalue weighted by Gasteiger charge is 2.61. The third-order valence-corrected chi connectivity index (χ3v) is 2.77. The summed E-state index contributed by atoms with van der Waals surface area (Å²) in [5.41, 5.74) is 0. The van der Waals surface area contributed by atoms with Crippen molar-refractivity contribution in [2.45, 2.75) is 13.0 Å². The zero-order valence-electron chi connectivity index (χ0n) is 8.67. The average Bonchev–Trinajstić information content (AvgIpc) is 2.79. The molecule has 0 aromatic carbocycles. The minimum Gasteiger partial charge on any atom is -0.466 e. The lowest BCUT2D eigenvalue weighted by Gasteiger charge is -2.14. The van der Waals surface area contributed by atoms with Crippen LogP contribution in [0.4, 0.5) is 4.79 Å². The molecule has 5 heteroatoms. The second kappa shape index (κ2) is 3.56. The van der Waals surface area contributed by atoms with Crippen molar-refractivity contribution in [1.29, 1.82) is 0 Å². The summed E-state index contributed by atoms with van der Waals surface area (Å²) in [7, 11) is 1.32. The molecule has 2 rings (SSSR count). The van der Waals surface area contributed by atoms with Crippen LogP contribution in [0.2, 0.25) is 0 Å². The summed E-state index contributed by atoms with van der Waals surface area (Å²) < 4.78 is 9.52. The second-order valence-corrected chi connectivity index (χ2v) is 3.56. The Bertz CT molecular complexity index is 325. The van der Waals surface area contributed by atoms with Crippen LogP contribution in [-0.2, 0) is 14.3 Å². The summed E-state index contributed by atoms with van der Waals surface area (Å²) in [4.78, 5) is 24.2. The Kier molecular flexibility index (Phi) is 2.38. The molecule has 1 saturated carbocycles. The van der Waals surface area contributed by atoms with Gasteiger partial charge < -0.3 is 9.47 Å². The van der Waals surface area contributed by atoms with Crippen molar-refractivity contribution < 1.29 is 19.1 Å². The molecule has 3 atom stereocenters. The highest BCUT2D eigenvalue weighted by atomic mass is 16.5. The minimum absolute atomic E-state index is 0.0866. The molecule has 0 saturated heterocycles. The van der Waals surface area contributed by atoms with Crippen LogP contribution in [0.25, 0.3) is 0 Å². The van der Waals surface area contributed by atoms with Crippen LogP contribution in [0.15, 0.2) is 12.3 Å². The van der Waals surface area contributed by atoms with E-state index >= 15 is 0 Å². The van der Waals surface area contributed by atoms with Crippen molar-refractivity contribution in [3.8, 4) is 0 Å². The Morgan fingerprint density at radius 2 is 2.20 bits per heavy atom. The molecule has 1 aliphatic carbocycles. The SMILES string of the molecule is CCOC(=O)[C@H]1[C@@H]2C=CN(C(=O)OC)[C@@H]21. The molecular weight excluding hydrogens is 198 g/mol. The van der Waals surface area contributed by atoms with Gasteiger partial charge >= 0.3 is 12.1 Å². The van der Waals surface area contributed by atoms with Gasteiger partial charge in [0, 0.05) is 12.1 Å². The summed E-state index contributed by atoms with van der Waals surface area (Å²) in [6.45, 7) is 2.14. The molecule has 0 aromatic heterocycles. The molecule has 1 amide bonds. The van der Waals surface area contributed by atoms with E-state index in [4.69, 9.17) is 4.74 Å². The first-order chi connectivity index (χ1) is 7.20. The predicted molar refractivity (Wildman–Crippen MR) is 50.8 cm³/mol. The topological polar surface area (TPSA) is 55.8 Å². The van der Waals surface area contributed by atoms with Crippen molar-refractivity contribution >= 4 is 12.1 Å². The van der Waals surface area contributed by atoms with Crippen molar-refractivity contribution in [3.63, 3.8) is 0 Å². The monoisotopic (exact) mass is 211 g/mol. The van der Waals surface area contributed by atoms with Crippen LogP contribution in [0, 0.1) is 11.8 Å². The van der Waals surface area contributed by atoms with E-state index < -0.39 is 6.09 Å². The molecule has 82 valence electrons. The van der Waals surface area contributed by atoms with Crippen LogP contribution in [0.3, 0.4) is 0 Å². The minimum atomic E-state index is -0.425. The first-order valence-electron chi connectivity index (χ1n) is 4.92. The Hall–Kier alpha value is -1.52. The number of carbonyl (C=O) groups is 2. The molecule has 1 heterocycles. The maximum absolute atomic E-state index is 11.4. The van der Waals surface area contributed by atoms with Gasteiger partial charge in [0.1, 0.15) is 0 Å². The van der Waals surface area contributed by atoms with Gasteiger partial charge in [-0.25, -0.2) is 4.79 Å². The van der Waals surface area contributed by atoms with Gasteiger partial charge in [-0.1, -0.05) is 6.08 Å². The molecular formula is C10H13NO4. The number of ether oxygens (including phenoxy) is 2. The van der Waals surface area contributed by atoms with Gasteiger partial charge in [-0.2, -0.15) is 0 Å². The Morgan fingerprint density at radius 3 is 2.80 bits per heavy atom. The van der Waals surface area contributed by atoms with Gasteiger partial charge in [-0.3, -0.25) is 9.69 Å². The van der Waals surface area contributed by atoms with Crippen LogP contribution in [-0.4, -0.2) is 36.7 Å². The van der Waals surface area contributed by atoms with E-state index in [1.807, 2.05) is 6.08 Å². The van der Waals surface area contributed by atoms with E-state index in [2.05, 4.69) is 4.74 Å². The first kappa shape index (κ1) is 10.0. The van der Waals surface area contributed by atoms with Gasteiger partial charge in [0.05, 0.1) is 25.7 Å². The molecule has 0 unspecified atom stereocenters. The number of hydrogen-bond donors (Lipinski definition) is 0. The number of rotatable bonds is 2. The number of hydrogen-bond acceptors (Lipinski definition) is 4. The number of amides is 1. The fraction of sp³-hybridized carbons (Fsp3) is 0.600. The van der Waals surface area contributed by atoms with E-state index in [0.717, 1.165) is 0 Å². The molecule has 1 fully saturated rings. The quantitative estimate of drug-likeness (QED) is 0.633. The number of esters is 1. The average molecular weight is 211 g/mol. The Morgan fingerprint density at radius 1 is 1.47 bits per heavy atom. The van der Waals surface area contributed by atoms with Crippen molar-refractivity contribution in [2.75, 3.05) is 13.7 Å². The maximum Gasteiger partial charge on any atom is 0.413 e. The molecule has 0 bridgehead atoms. The zero-order valence-corrected chi connectivity index (χ0v) is 8.67. The molecule has 0 spiro atoms.